The minimum Gasteiger partial charge on any atom is -0.340 e. The van der Waals surface area contributed by atoms with Gasteiger partial charge in [-0.2, -0.15) is 0 Å². The first-order valence-electron chi connectivity index (χ1n) is 9.40. The van der Waals surface area contributed by atoms with Crippen LogP contribution in [0.1, 0.15) is 15.9 Å². The molecule has 0 fully saturated rings. The first-order chi connectivity index (χ1) is 14.6. The van der Waals surface area contributed by atoms with E-state index in [2.05, 4.69) is 20.6 Å². The van der Waals surface area contributed by atoms with Crippen LogP contribution in [0.4, 0.5) is 17.2 Å². The zero-order valence-corrected chi connectivity index (χ0v) is 17.0. The van der Waals surface area contributed by atoms with Crippen molar-refractivity contribution in [3.8, 4) is 11.3 Å². The van der Waals surface area contributed by atoms with Crippen LogP contribution in [-0.4, -0.2) is 15.9 Å². The van der Waals surface area contributed by atoms with Crippen molar-refractivity contribution < 1.29 is 4.79 Å². The largest absolute Gasteiger partial charge is 0.340 e. The number of hydrogen-bond donors (Lipinski definition) is 2. The van der Waals surface area contributed by atoms with E-state index in [9.17, 15) is 4.79 Å². The van der Waals surface area contributed by atoms with Gasteiger partial charge < -0.3 is 10.6 Å². The number of benzene rings is 3. The molecule has 0 bridgehead atoms. The molecule has 0 unspecified atom stereocenters. The number of anilines is 3. The van der Waals surface area contributed by atoms with E-state index in [4.69, 9.17) is 11.6 Å². The minimum absolute atomic E-state index is 0.199. The van der Waals surface area contributed by atoms with Crippen molar-refractivity contribution in [1.82, 2.24) is 9.97 Å². The number of aryl methyl sites for hydroxylation is 1. The van der Waals surface area contributed by atoms with Gasteiger partial charge in [-0.05, 0) is 48.9 Å². The average Bonchev–Trinajstić information content (AvgIpc) is 2.77. The number of nitrogens with zero attached hydrogens (tertiary/aromatic N) is 2. The third-order valence-electron chi connectivity index (χ3n) is 4.59. The Bertz CT molecular complexity index is 1180. The third-order valence-corrected chi connectivity index (χ3v) is 4.99. The first kappa shape index (κ1) is 19.6. The molecule has 0 saturated heterocycles. The summed E-state index contributed by atoms with van der Waals surface area (Å²) in [5.74, 6) is 0.477. The molecule has 148 valence electrons. The highest BCUT2D eigenvalue weighted by atomic mass is 35.5. The molecule has 0 radical (unpaired) electrons. The normalized spacial score (nSPS) is 10.5. The van der Waals surface area contributed by atoms with E-state index < -0.39 is 0 Å². The van der Waals surface area contributed by atoms with Crippen LogP contribution in [-0.2, 0) is 0 Å². The SMILES string of the molecule is Cc1ccc(NC(=O)c2ccc(Nc3cc(-c4ccccc4)ncn3)cc2)cc1Cl. The smallest absolute Gasteiger partial charge is 0.255 e. The van der Waals surface area contributed by atoms with E-state index in [1.807, 2.05) is 67.6 Å². The predicted molar refractivity (Wildman–Crippen MR) is 121 cm³/mol. The van der Waals surface area contributed by atoms with Crippen LogP contribution < -0.4 is 10.6 Å². The van der Waals surface area contributed by atoms with Crippen LogP contribution in [0.5, 0.6) is 0 Å². The summed E-state index contributed by atoms with van der Waals surface area (Å²) in [4.78, 5) is 21.1. The summed E-state index contributed by atoms with van der Waals surface area (Å²) in [6.45, 7) is 1.92. The lowest BCUT2D eigenvalue weighted by Crippen LogP contribution is -2.11. The van der Waals surface area contributed by atoms with Crippen LogP contribution in [0.3, 0.4) is 0 Å². The second-order valence-electron chi connectivity index (χ2n) is 6.77. The quantitative estimate of drug-likeness (QED) is 0.414. The van der Waals surface area contributed by atoms with E-state index >= 15 is 0 Å². The molecule has 1 heterocycles. The molecule has 1 aromatic heterocycles. The number of carbonyl (C=O) groups excluding carboxylic acids is 1. The Morgan fingerprint density at radius 1 is 0.867 bits per heavy atom. The van der Waals surface area contributed by atoms with Gasteiger partial charge in [0.05, 0.1) is 5.69 Å². The number of nitrogens with one attached hydrogen (secondary N) is 2. The molecule has 4 rings (SSSR count). The number of rotatable bonds is 5. The predicted octanol–water partition coefficient (Wildman–Crippen LogP) is 6.10. The van der Waals surface area contributed by atoms with Gasteiger partial charge in [0.2, 0.25) is 0 Å². The molecule has 0 aliphatic heterocycles. The van der Waals surface area contributed by atoms with E-state index in [1.165, 1.54) is 6.33 Å². The van der Waals surface area contributed by atoms with Crippen molar-refractivity contribution >= 4 is 34.7 Å². The number of aromatic nitrogens is 2. The molecule has 0 spiro atoms. The summed E-state index contributed by atoms with van der Waals surface area (Å²) in [5.41, 5.74) is 4.84. The fourth-order valence-electron chi connectivity index (χ4n) is 2.92. The van der Waals surface area contributed by atoms with E-state index in [1.54, 1.807) is 18.2 Å². The maximum absolute atomic E-state index is 12.5. The van der Waals surface area contributed by atoms with E-state index in [0.717, 1.165) is 22.5 Å². The zero-order valence-electron chi connectivity index (χ0n) is 16.3. The third kappa shape index (κ3) is 4.64. The van der Waals surface area contributed by atoms with Gasteiger partial charge in [-0.15, -0.1) is 0 Å². The lowest BCUT2D eigenvalue weighted by Gasteiger charge is -2.09. The lowest BCUT2D eigenvalue weighted by atomic mass is 10.1. The number of carbonyl (C=O) groups is 1. The second-order valence-corrected chi connectivity index (χ2v) is 7.18. The number of amides is 1. The monoisotopic (exact) mass is 414 g/mol. The van der Waals surface area contributed by atoms with Gasteiger partial charge >= 0.3 is 0 Å². The standard InChI is InChI=1S/C24H19ClN4O/c1-16-7-10-20(13-21(16)25)29-24(30)18-8-11-19(12-9-18)28-23-14-22(26-15-27-23)17-5-3-2-4-6-17/h2-15H,1H3,(H,29,30)(H,26,27,28). The minimum atomic E-state index is -0.199. The molecule has 1 amide bonds. The molecule has 6 heteroatoms. The van der Waals surface area contributed by atoms with Crippen LogP contribution in [0.2, 0.25) is 5.02 Å². The van der Waals surface area contributed by atoms with Gasteiger partial charge in [0, 0.05) is 33.6 Å². The van der Waals surface area contributed by atoms with Crippen molar-refractivity contribution in [3.63, 3.8) is 0 Å². The van der Waals surface area contributed by atoms with E-state index in [-0.39, 0.29) is 5.91 Å². The highest BCUT2D eigenvalue weighted by molar-refractivity contribution is 6.31. The fourth-order valence-corrected chi connectivity index (χ4v) is 3.10. The van der Waals surface area contributed by atoms with Crippen molar-refractivity contribution in [2.24, 2.45) is 0 Å². The van der Waals surface area contributed by atoms with Gasteiger partial charge in [0.25, 0.3) is 5.91 Å². The summed E-state index contributed by atoms with van der Waals surface area (Å²) in [7, 11) is 0. The Morgan fingerprint density at radius 3 is 2.33 bits per heavy atom. The highest BCUT2D eigenvalue weighted by Gasteiger charge is 2.08. The van der Waals surface area contributed by atoms with Gasteiger partial charge in [0.1, 0.15) is 12.1 Å². The molecular weight excluding hydrogens is 396 g/mol. The molecule has 30 heavy (non-hydrogen) atoms. The van der Waals surface area contributed by atoms with E-state index in [0.29, 0.717) is 22.1 Å². The Kier molecular flexibility index (Phi) is 5.72. The summed E-state index contributed by atoms with van der Waals surface area (Å²) in [6, 6.07) is 24.4. The summed E-state index contributed by atoms with van der Waals surface area (Å²) in [5, 5.41) is 6.72. The van der Waals surface area contributed by atoms with Crippen molar-refractivity contribution in [1.29, 1.82) is 0 Å². The summed E-state index contributed by atoms with van der Waals surface area (Å²) in [6.07, 6.45) is 1.53. The number of hydrogen-bond acceptors (Lipinski definition) is 4. The maximum Gasteiger partial charge on any atom is 0.255 e. The molecule has 0 saturated carbocycles. The first-order valence-corrected chi connectivity index (χ1v) is 9.78. The Balaban J connectivity index is 1.45. The molecule has 5 nitrogen and oxygen atoms in total. The number of halogens is 1. The molecule has 4 aromatic rings. The molecule has 0 aliphatic rings. The summed E-state index contributed by atoms with van der Waals surface area (Å²) >= 11 is 6.12. The second kappa shape index (κ2) is 8.76. The van der Waals surface area contributed by atoms with Gasteiger partial charge in [-0.25, -0.2) is 9.97 Å². The zero-order chi connectivity index (χ0) is 20.9. The van der Waals surface area contributed by atoms with Crippen LogP contribution in [0.25, 0.3) is 11.3 Å². The molecule has 0 atom stereocenters. The van der Waals surface area contributed by atoms with Crippen molar-refractivity contribution in [2.75, 3.05) is 10.6 Å². The summed E-state index contributed by atoms with van der Waals surface area (Å²) < 4.78 is 0. The Labute approximate surface area is 179 Å². The molecule has 0 aliphatic carbocycles. The van der Waals surface area contributed by atoms with Crippen LogP contribution >= 0.6 is 11.6 Å². The topological polar surface area (TPSA) is 66.9 Å². The maximum atomic E-state index is 12.5. The van der Waals surface area contributed by atoms with Crippen LogP contribution in [0.15, 0.2) is 85.2 Å². The van der Waals surface area contributed by atoms with Crippen molar-refractivity contribution in [3.05, 3.63) is 101 Å². The van der Waals surface area contributed by atoms with Gasteiger partial charge in [-0.3, -0.25) is 4.79 Å². The Morgan fingerprint density at radius 2 is 1.60 bits per heavy atom. The fraction of sp³-hybridized carbons (Fsp3) is 0.0417. The van der Waals surface area contributed by atoms with Gasteiger partial charge in [-0.1, -0.05) is 48.0 Å². The van der Waals surface area contributed by atoms with Crippen molar-refractivity contribution in [2.45, 2.75) is 6.92 Å². The molecular formula is C24H19ClN4O. The molecule has 2 N–H and O–H groups in total. The lowest BCUT2D eigenvalue weighted by molar-refractivity contribution is 0.102. The van der Waals surface area contributed by atoms with Gasteiger partial charge in [0.15, 0.2) is 0 Å². The van der Waals surface area contributed by atoms with Crippen LogP contribution in [0, 0.1) is 6.92 Å². The highest BCUT2D eigenvalue weighted by Crippen LogP contribution is 2.22. The Hall–Kier alpha value is -3.70. The average molecular weight is 415 g/mol. The molecule has 3 aromatic carbocycles.